The Balaban J connectivity index is 2.71. The van der Waals surface area contributed by atoms with Crippen LogP contribution in [0.15, 0.2) is 0 Å². The Morgan fingerprint density at radius 1 is 0.450 bits per heavy atom. The van der Waals surface area contributed by atoms with E-state index < -0.39 is 11.9 Å². The van der Waals surface area contributed by atoms with Gasteiger partial charge in [-0.3, -0.25) is 9.59 Å². The Kier molecular flexibility index (Phi) is 23.7. The SMILES string of the molecule is CCCCCCCCC1C(CCCCCCCC(=O)O)CCC(CCCCCC)C1CCCCCCCC(=O)O. The topological polar surface area (TPSA) is 74.6 Å². The molecule has 0 bridgehead atoms. The molecule has 4 heteroatoms. The summed E-state index contributed by atoms with van der Waals surface area (Å²) in [6, 6.07) is 0. The molecule has 0 amide bonds. The summed E-state index contributed by atoms with van der Waals surface area (Å²) < 4.78 is 0. The molecule has 0 aromatic rings. The first-order valence-electron chi connectivity index (χ1n) is 17.9. The molecule has 2 N–H and O–H groups in total. The van der Waals surface area contributed by atoms with Gasteiger partial charge in [0, 0.05) is 12.8 Å². The van der Waals surface area contributed by atoms with Crippen LogP contribution in [-0.4, -0.2) is 22.2 Å². The maximum atomic E-state index is 10.8. The zero-order valence-electron chi connectivity index (χ0n) is 26.8. The minimum Gasteiger partial charge on any atom is -0.481 e. The molecule has 4 unspecified atom stereocenters. The lowest BCUT2D eigenvalue weighted by Gasteiger charge is -2.44. The van der Waals surface area contributed by atoms with Crippen molar-refractivity contribution in [2.24, 2.45) is 23.7 Å². The second kappa shape index (κ2) is 25.6. The molecule has 0 spiro atoms. The van der Waals surface area contributed by atoms with Crippen molar-refractivity contribution in [1.29, 1.82) is 0 Å². The van der Waals surface area contributed by atoms with E-state index in [2.05, 4.69) is 13.8 Å². The van der Waals surface area contributed by atoms with Crippen LogP contribution in [0.4, 0.5) is 0 Å². The van der Waals surface area contributed by atoms with Gasteiger partial charge in [0.1, 0.15) is 0 Å². The summed E-state index contributed by atoms with van der Waals surface area (Å²) in [6.07, 6.45) is 34.3. The average molecular weight is 565 g/mol. The first-order valence-corrected chi connectivity index (χ1v) is 17.9. The summed E-state index contributed by atoms with van der Waals surface area (Å²) >= 11 is 0. The number of carboxylic acid groups (broad SMARTS) is 2. The third-order valence-electron chi connectivity index (χ3n) is 9.88. The van der Waals surface area contributed by atoms with Gasteiger partial charge in [-0.1, -0.05) is 142 Å². The first-order chi connectivity index (χ1) is 19.5. The number of hydrogen-bond donors (Lipinski definition) is 2. The average Bonchev–Trinajstić information content (AvgIpc) is 2.92. The molecule has 0 aromatic carbocycles. The zero-order valence-corrected chi connectivity index (χ0v) is 26.8. The van der Waals surface area contributed by atoms with E-state index in [0.717, 1.165) is 49.4 Å². The molecular weight excluding hydrogens is 496 g/mol. The van der Waals surface area contributed by atoms with Crippen molar-refractivity contribution in [2.45, 2.75) is 194 Å². The lowest BCUT2D eigenvalue weighted by Crippen LogP contribution is -2.35. The lowest BCUT2D eigenvalue weighted by molar-refractivity contribution is -0.138. The maximum absolute atomic E-state index is 10.8. The van der Waals surface area contributed by atoms with Crippen LogP contribution < -0.4 is 0 Å². The van der Waals surface area contributed by atoms with Crippen LogP contribution in [0.1, 0.15) is 194 Å². The fourth-order valence-electron chi connectivity index (χ4n) is 7.57. The molecule has 1 saturated carbocycles. The van der Waals surface area contributed by atoms with Crippen molar-refractivity contribution < 1.29 is 19.8 Å². The third kappa shape index (κ3) is 19.1. The van der Waals surface area contributed by atoms with Crippen LogP contribution in [0.25, 0.3) is 0 Å². The highest BCUT2D eigenvalue weighted by molar-refractivity contribution is 5.66. The molecule has 0 radical (unpaired) electrons. The van der Waals surface area contributed by atoms with Gasteiger partial charge >= 0.3 is 11.9 Å². The number of aliphatic carboxylic acids is 2. The van der Waals surface area contributed by atoms with E-state index in [0.29, 0.717) is 12.8 Å². The smallest absolute Gasteiger partial charge is 0.303 e. The highest BCUT2D eigenvalue weighted by atomic mass is 16.4. The first kappa shape index (κ1) is 37.0. The van der Waals surface area contributed by atoms with Gasteiger partial charge in [-0.05, 0) is 62.2 Å². The highest BCUT2D eigenvalue weighted by Gasteiger charge is 2.37. The fraction of sp³-hybridized carbons (Fsp3) is 0.944. The van der Waals surface area contributed by atoms with Crippen molar-refractivity contribution in [3.63, 3.8) is 0 Å². The van der Waals surface area contributed by atoms with Crippen molar-refractivity contribution in [3.05, 3.63) is 0 Å². The number of carbonyl (C=O) groups is 2. The maximum Gasteiger partial charge on any atom is 0.303 e. The van der Waals surface area contributed by atoms with Gasteiger partial charge in [0.2, 0.25) is 0 Å². The summed E-state index contributed by atoms with van der Waals surface area (Å²) in [5.74, 6) is 2.29. The standard InChI is InChI=1S/C36H68O4/c1-3-5-7-9-13-19-25-34-32(24-18-12-10-15-21-27-35(37)38)30-29-31(23-17-8-6-4-2)33(34)26-20-14-11-16-22-28-36(39)40/h31-34H,3-30H2,1-2H3,(H,37,38)(H,39,40). The van der Waals surface area contributed by atoms with Gasteiger partial charge < -0.3 is 10.2 Å². The molecule has 1 aliphatic rings. The van der Waals surface area contributed by atoms with Crippen LogP contribution in [-0.2, 0) is 9.59 Å². The van der Waals surface area contributed by atoms with E-state index in [1.807, 2.05) is 0 Å². The molecule has 0 aliphatic heterocycles. The second-order valence-corrected chi connectivity index (χ2v) is 13.2. The quantitative estimate of drug-likeness (QED) is 0.0927. The van der Waals surface area contributed by atoms with Crippen LogP contribution in [0, 0.1) is 23.7 Å². The molecule has 1 aliphatic carbocycles. The van der Waals surface area contributed by atoms with Crippen molar-refractivity contribution in [2.75, 3.05) is 0 Å². The van der Waals surface area contributed by atoms with Crippen molar-refractivity contribution in [3.8, 4) is 0 Å². The molecule has 0 aromatic heterocycles. The number of rotatable bonds is 28. The summed E-state index contributed by atoms with van der Waals surface area (Å²) in [5, 5.41) is 17.8. The minimum absolute atomic E-state index is 0.323. The normalized spacial score (nSPS) is 21.1. The van der Waals surface area contributed by atoms with Gasteiger partial charge in [-0.25, -0.2) is 0 Å². The van der Waals surface area contributed by atoms with E-state index in [1.165, 1.54) is 141 Å². The Bertz CT molecular complexity index is 604. The Morgan fingerprint density at radius 3 is 1.12 bits per heavy atom. The predicted molar refractivity (Wildman–Crippen MR) is 170 cm³/mol. The molecule has 40 heavy (non-hydrogen) atoms. The fourth-order valence-corrected chi connectivity index (χ4v) is 7.57. The molecule has 1 fully saturated rings. The largest absolute Gasteiger partial charge is 0.481 e. The van der Waals surface area contributed by atoms with E-state index in [-0.39, 0.29) is 0 Å². The van der Waals surface area contributed by atoms with Crippen molar-refractivity contribution >= 4 is 11.9 Å². The number of hydrogen-bond acceptors (Lipinski definition) is 2. The molecule has 4 atom stereocenters. The summed E-state index contributed by atoms with van der Waals surface area (Å²) in [7, 11) is 0. The number of unbranched alkanes of at least 4 members (excludes halogenated alkanes) is 16. The number of carboxylic acids is 2. The van der Waals surface area contributed by atoms with Gasteiger partial charge in [0.05, 0.1) is 0 Å². The van der Waals surface area contributed by atoms with Gasteiger partial charge in [-0.15, -0.1) is 0 Å². The molecule has 236 valence electrons. The Labute approximate surface area is 248 Å². The van der Waals surface area contributed by atoms with Crippen molar-refractivity contribution in [1.82, 2.24) is 0 Å². The summed E-state index contributed by atoms with van der Waals surface area (Å²) in [6.45, 7) is 4.61. The zero-order chi connectivity index (χ0) is 29.3. The van der Waals surface area contributed by atoms with E-state index in [4.69, 9.17) is 10.2 Å². The third-order valence-corrected chi connectivity index (χ3v) is 9.88. The molecule has 4 nitrogen and oxygen atoms in total. The second-order valence-electron chi connectivity index (χ2n) is 13.2. The summed E-state index contributed by atoms with van der Waals surface area (Å²) in [4.78, 5) is 21.6. The van der Waals surface area contributed by atoms with Crippen LogP contribution in [0.3, 0.4) is 0 Å². The summed E-state index contributed by atoms with van der Waals surface area (Å²) in [5.41, 5.74) is 0. The molecule has 0 heterocycles. The van der Waals surface area contributed by atoms with Gasteiger partial charge in [0.25, 0.3) is 0 Å². The Morgan fingerprint density at radius 2 is 0.750 bits per heavy atom. The van der Waals surface area contributed by atoms with E-state index >= 15 is 0 Å². The van der Waals surface area contributed by atoms with E-state index in [9.17, 15) is 9.59 Å². The monoisotopic (exact) mass is 565 g/mol. The predicted octanol–water partition coefficient (Wildman–Crippen LogP) is 11.6. The molecule has 0 saturated heterocycles. The van der Waals surface area contributed by atoms with Crippen LogP contribution in [0.5, 0.6) is 0 Å². The molecular formula is C36H68O4. The van der Waals surface area contributed by atoms with Crippen LogP contribution >= 0.6 is 0 Å². The van der Waals surface area contributed by atoms with Gasteiger partial charge in [0.15, 0.2) is 0 Å². The highest BCUT2D eigenvalue weighted by Crippen LogP contribution is 2.47. The van der Waals surface area contributed by atoms with E-state index in [1.54, 1.807) is 0 Å². The van der Waals surface area contributed by atoms with Crippen LogP contribution in [0.2, 0.25) is 0 Å². The lowest BCUT2D eigenvalue weighted by atomic mass is 9.61. The van der Waals surface area contributed by atoms with Gasteiger partial charge in [-0.2, -0.15) is 0 Å². The molecule has 1 rings (SSSR count). The minimum atomic E-state index is -0.657. The Hall–Kier alpha value is -1.06.